The van der Waals surface area contributed by atoms with E-state index in [0.29, 0.717) is 11.3 Å². The highest BCUT2D eigenvalue weighted by molar-refractivity contribution is 7.92. The fraction of sp³-hybridized carbons (Fsp3) is 0.182. The number of rotatable bonds is 6. The molecule has 0 bridgehead atoms. The molecule has 0 atom stereocenters. The van der Waals surface area contributed by atoms with Crippen molar-refractivity contribution in [1.29, 1.82) is 0 Å². The lowest BCUT2D eigenvalue weighted by Crippen LogP contribution is -2.42. The average Bonchev–Trinajstić information content (AvgIpc) is 3.19. The molecule has 0 radical (unpaired) electrons. The second-order valence-electron chi connectivity index (χ2n) is 7.76. The molecule has 0 saturated heterocycles. The number of hydrogen-bond donors (Lipinski definition) is 2. The number of aromatic nitrogens is 4. The summed E-state index contributed by atoms with van der Waals surface area (Å²) in [6.45, 7) is 1.20. The number of nitrogens with one attached hydrogen (secondary N) is 2. The fourth-order valence-electron chi connectivity index (χ4n) is 3.49. The SMILES string of the molecule is Cc1ccc(NC(=O)Cn2c(=O)c3c(ncn3C)n(C)c2=O)cc1NS(=O)(=O)c1ccccc1. The van der Waals surface area contributed by atoms with Crippen LogP contribution < -0.4 is 21.3 Å². The maximum atomic E-state index is 12.8. The second kappa shape index (κ2) is 8.63. The number of amides is 1. The normalized spacial score (nSPS) is 11.5. The first kappa shape index (κ1) is 23.0. The molecule has 2 aromatic carbocycles. The Morgan fingerprint density at radius 2 is 1.76 bits per heavy atom. The van der Waals surface area contributed by atoms with E-state index in [4.69, 9.17) is 0 Å². The lowest BCUT2D eigenvalue weighted by Gasteiger charge is -2.13. The summed E-state index contributed by atoms with van der Waals surface area (Å²) in [5, 5.41) is 2.61. The van der Waals surface area contributed by atoms with E-state index in [1.165, 1.54) is 40.7 Å². The Labute approximate surface area is 194 Å². The Morgan fingerprint density at radius 3 is 2.47 bits per heavy atom. The number of benzene rings is 2. The predicted molar refractivity (Wildman–Crippen MR) is 127 cm³/mol. The molecule has 0 aliphatic rings. The van der Waals surface area contributed by atoms with E-state index in [-0.39, 0.29) is 21.7 Å². The van der Waals surface area contributed by atoms with Crippen LogP contribution in [0.5, 0.6) is 0 Å². The number of carbonyl (C=O) groups excluding carboxylic acids is 1. The summed E-state index contributed by atoms with van der Waals surface area (Å²) in [4.78, 5) is 42.2. The zero-order chi connectivity index (χ0) is 24.6. The van der Waals surface area contributed by atoms with Gasteiger partial charge in [-0.2, -0.15) is 0 Å². The molecule has 34 heavy (non-hydrogen) atoms. The van der Waals surface area contributed by atoms with Crippen molar-refractivity contribution in [2.75, 3.05) is 10.0 Å². The molecule has 1 amide bonds. The molecular formula is C22H22N6O5S. The van der Waals surface area contributed by atoms with Crippen LogP contribution in [-0.2, 0) is 35.5 Å². The van der Waals surface area contributed by atoms with E-state index in [2.05, 4.69) is 15.0 Å². The van der Waals surface area contributed by atoms with E-state index < -0.39 is 33.7 Å². The quantitative estimate of drug-likeness (QED) is 0.423. The van der Waals surface area contributed by atoms with E-state index in [9.17, 15) is 22.8 Å². The Balaban J connectivity index is 1.59. The smallest absolute Gasteiger partial charge is 0.328 e. The molecule has 11 nitrogen and oxygen atoms in total. The van der Waals surface area contributed by atoms with Gasteiger partial charge < -0.3 is 9.88 Å². The van der Waals surface area contributed by atoms with Crippen LogP contribution in [0.15, 0.2) is 69.3 Å². The first-order valence-electron chi connectivity index (χ1n) is 10.2. The number of sulfonamides is 1. The van der Waals surface area contributed by atoms with Gasteiger partial charge in [-0.3, -0.25) is 18.9 Å². The second-order valence-corrected chi connectivity index (χ2v) is 9.44. The predicted octanol–water partition coefficient (Wildman–Crippen LogP) is 1.18. The lowest BCUT2D eigenvalue weighted by atomic mass is 10.2. The molecule has 2 heterocycles. The monoisotopic (exact) mass is 482 g/mol. The molecule has 12 heteroatoms. The van der Waals surface area contributed by atoms with Gasteiger partial charge in [0.2, 0.25) is 5.91 Å². The van der Waals surface area contributed by atoms with Crippen molar-refractivity contribution < 1.29 is 13.2 Å². The Bertz CT molecular complexity index is 1630. The molecule has 4 rings (SSSR count). The molecule has 0 unspecified atom stereocenters. The third-order valence-corrected chi connectivity index (χ3v) is 6.70. The maximum Gasteiger partial charge on any atom is 0.332 e. The van der Waals surface area contributed by atoms with Crippen molar-refractivity contribution in [2.45, 2.75) is 18.4 Å². The van der Waals surface area contributed by atoms with Gasteiger partial charge in [0.05, 0.1) is 16.9 Å². The lowest BCUT2D eigenvalue weighted by molar-refractivity contribution is -0.116. The Kier molecular flexibility index (Phi) is 5.83. The summed E-state index contributed by atoms with van der Waals surface area (Å²) in [6, 6.07) is 12.6. The van der Waals surface area contributed by atoms with Crippen molar-refractivity contribution in [3.8, 4) is 0 Å². The number of carbonyl (C=O) groups is 1. The summed E-state index contributed by atoms with van der Waals surface area (Å²) in [7, 11) is -0.736. The molecular weight excluding hydrogens is 460 g/mol. The minimum atomic E-state index is -3.83. The van der Waals surface area contributed by atoms with Gasteiger partial charge in [-0.05, 0) is 36.8 Å². The average molecular weight is 483 g/mol. The molecule has 0 saturated carbocycles. The topological polar surface area (TPSA) is 137 Å². The standard InChI is InChI=1S/C22H22N6O5S/c1-14-9-10-15(11-17(14)25-34(32,33)16-7-5-4-6-8-16)24-18(29)12-28-21(30)19-20(23-13-26(19)2)27(3)22(28)31/h4-11,13,25H,12H2,1-3H3,(H,24,29). The van der Waals surface area contributed by atoms with Crippen LogP contribution in [0.2, 0.25) is 0 Å². The maximum absolute atomic E-state index is 12.8. The van der Waals surface area contributed by atoms with Gasteiger partial charge in [0.1, 0.15) is 6.54 Å². The van der Waals surface area contributed by atoms with Gasteiger partial charge in [0, 0.05) is 19.8 Å². The van der Waals surface area contributed by atoms with Crippen LogP contribution >= 0.6 is 0 Å². The molecule has 2 N–H and O–H groups in total. The Hall–Kier alpha value is -4.19. The first-order valence-corrected chi connectivity index (χ1v) is 11.7. The number of aryl methyl sites for hydroxylation is 3. The number of fused-ring (bicyclic) bond motifs is 1. The summed E-state index contributed by atoms with van der Waals surface area (Å²) < 4.78 is 31.4. The first-order chi connectivity index (χ1) is 16.1. The minimum absolute atomic E-state index is 0.101. The molecule has 176 valence electrons. The van der Waals surface area contributed by atoms with Crippen molar-refractivity contribution in [3.05, 3.63) is 81.3 Å². The van der Waals surface area contributed by atoms with Crippen LogP contribution in [0.1, 0.15) is 5.56 Å². The van der Waals surface area contributed by atoms with Gasteiger partial charge in [-0.15, -0.1) is 0 Å². The van der Waals surface area contributed by atoms with E-state index >= 15 is 0 Å². The molecule has 4 aromatic rings. The molecule has 2 aromatic heterocycles. The van der Waals surface area contributed by atoms with Crippen molar-refractivity contribution in [2.24, 2.45) is 14.1 Å². The summed E-state index contributed by atoms with van der Waals surface area (Å²) in [5.41, 5.74) is 0.342. The van der Waals surface area contributed by atoms with Gasteiger partial charge in [0.15, 0.2) is 11.2 Å². The van der Waals surface area contributed by atoms with Gasteiger partial charge >= 0.3 is 5.69 Å². The molecule has 0 fully saturated rings. The zero-order valence-electron chi connectivity index (χ0n) is 18.6. The third kappa shape index (κ3) is 4.22. The van der Waals surface area contributed by atoms with Crippen molar-refractivity contribution in [1.82, 2.24) is 18.7 Å². The van der Waals surface area contributed by atoms with E-state index in [0.717, 1.165) is 4.57 Å². The third-order valence-electron chi connectivity index (χ3n) is 5.32. The molecule has 0 aliphatic heterocycles. The number of nitrogens with zero attached hydrogens (tertiary/aromatic N) is 4. The van der Waals surface area contributed by atoms with Crippen LogP contribution in [0.25, 0.3) is 11.2 Å². The van der Waals surface area contributed by atoms with Gasteiger partial charge in [-0.1, -0.05) is 24.3 Å². The van der Waals surface area contributed by atoms with Gasteiger partial charge in [0.25, 0.3) is 15.6 Å². The van der Waals surface area contributed by atoms with E-state index in [1.54, 1.807) is 44.3 Å². The number of hydrogen-bond acceptors (Lipinski definition) is 6. The van der Waals surface area contributed by atoms with Gasteiger partial charge in [-0.25, -0.2) is 22.8 Å². The summed E-state index contributed by atoms with van der Waals surface area (Å²) in [6.07, 6.45) is 1.42. The van der Waals surface area contributed by atoms with Crippen molar-refractivity contribution in [3.63, 3.8) is 0 Å². The van der Waals surface area contributed by atoms with Crippen LogP contribution in [0.4, 0.5) is 11.4 Å². The molecule has 0 spiro atoms. The molecule has 0 aliphatic carbocycles. The largest absolute Gasteiger partial charge is 0.332 e. The fourth-order valence-corrected chi connectivity index (χ4v) is 4.64. The zero-order valence-corrected chi connectivity index (χ0v) is 19.5. The highest BCUT2D eigenvalue weighted by atomic mass is 32.2. The minimum Gasteiger partial charge on any atom is -0.328 e. The van der Waals surface area contributed by atoms with Crippen LogP contribution in [0.3, 0.4) is 0 Å². The highest BCUT2D eigenvalue weighted by Crippen LogP contribution is 2.23. The summed E-state index contributed by atoms with van der Waals surface area (Å²) in [5.74, 6) is -0.624. The van der Waals surface area contributed by atoms with E-state index in [1.807, 2.05) is 0 Å². The van der Waals surface area contributed by atoms with Crippen LogP contribution in [0, 0.1) is 6.92 Å². The van der Waals surface area contributed by atoms with Crippen molar-refractivity contribution >= 4 is 38.5 Å². The Morgan fingerprint density at radius 1 is 1.06 bits per heavy atom. The summed E-state index contributed by atoms with van der Waals surface area (Å²) >= 11 is 0. The number of anilines is 2. The van der Waals surface area contributed by atoms with Crippen LogP contribution in [-0.4, -0.2) is 33.0 Å². The number of imidazole rings is 1. The highest BCUT2D eigenvalue weighted by Gasteiger charge is 2.18.